The van der Waals surface area contributed by atoms with Gasteiger partial charge in [-0.2, -0.15) is 0 Å². The highest BCUT2D eigenvalue weighted by atomic mass is 32.1. The molecule has 0 unspecified atom stereocenters. The lowest BCUT2D eigenvalue weighted by Crippen LogP contribution is -2.33. The van der Waals surface area contributed by atoms with Crippen LogP contribution in [0.3, 0.4) is 0 Å². The molecule has 0 saturated heterocycles. The molecule has 0 atom stereocenters. The normalized spacial score (nSPS) is 12.7. The first-order chi connectivity index (χ1) is 14.1. The molecule has 1 amide bonds. The van der Waals surface area contributed by atoms with Crippen molar-refractivity contribution in [3.05, 3.63) is 48.0 Å². The molecule has 0 aliphatic carbocycles. The summed E-state index contributed by atoms with van der Waals surface area (Å²) in [4.78, 5) is 21.8. The first-order valence-corrected chi connectivity index (χ1v) is 10.6. The average Bonchev–Trinajstić information content (AvgIpc) is 3.33. The summed E-state index contributed by atoms with van der Waals surface area (Å²) < 4.78 is 11.9. The zero-order valence-electron chi connectivity index (χ0n) is 16.8. The van der Waals surface area contributed by atoms with E-state index in [1.165, 1.54) is 16.9 Å². The Morgan fingerprint density at radius 3 is 2.62 bits per heavy atom. The monoisotopic (exact) mass is 411 g/mol. The van der Waals surface area contributed by atoms with Crippen LogP contribution in [0.5, 0.6) is 11.5 Å². The van der Waals surface area contributed by atoms with E-state index >= 15 is 0 Å². The molecular weight excluding hydrogens is 386 g/mol. The highest BCUT2D eigenvalue weighted by Gasteiger charge is 2.22. The largest absolute Gasteiger partial charge is 0.454 e. The molecule has 6 nitrogen and oxygen atoms in total. The topological polar surface area (TPSA) is 54.9 Å². The summed E-state index contributed by atoms with van der Waals surface area (Å²) in [5.41, 5.74) is 2.01. The summed E-state index contributed by atoms with van der Waals surface area (Å²) in [6.07, 6.45) is 2.08. The molecule has 0 bridgehead atoms. The second kappa shape index (κ2) is 8.80. The number of carbonyl (C=O) groups is 1. The quantitative estimate of drug-likeness (QED) is 0.562. The van der Waals surface area contributed by atoms with Crippen molar-refractivity contribution in [1.29, 1.82) is 0 Å². The molecule has 4 rings (SSSR count). The van der Waals surface area contributed by atoms with Gasteiger partial charge < -0.3 is 14.4 Å². The molecule has 2 heterocycles. The zero-order valence-corrected chi connectivity index (χ0v) is 17.6. The van der Waals surface area contributed by atoms with Crippen molar-refractivity contribution < 1.29 is 14.3 Å². The lowest BCUT2D eigenvalue weighted by molar-refractivity contribution is -0.118. The van der Waals surface area contributed by atoms with E-state index in [9.17, 15) is 4.79 Å². The van der Waals surface area contributed by atoms with Crippen molar-refractivity contribution >= 4 is 32.6 Å². The minimum atomic E-state index is 0.103. The molecule has 1 aliphatic heterocycles. The Morgan fingerprint density at radius 2 is 1.86 bits per heavy atom. The molecule has 0 saturated carbocycles. The number of thiazole rings is 1. The maximum Gasteiger partial charge on any atom is 0.231 e. The lowest BCUT2D eigenvalue weighted by atomic mass is 10.1. The molecule has 7 heteroatoms. The molecule has 29 heavy (non-hydrogen) atoms. The number of aryl methyl sites for hydroxylation is 1. The summed E-state index contributed by atoms with van der Waals surface area (Å²) in [5, 5.41) is 0.737. The summed E-state index contributed by atoms with van der Waals surface area (Å²) in [6.45, 7) is 1.82. The fourth-order valence-electron chi connectivity index (χ4n) is 3.32. The number of amides is 1. The third kappa shape index (κ3) is 4.68. The second-order valence-electron chi connectivity index (χ2n) is 7.36. The number of aromatic nitrogens is 1. The number of hydrogen-bond acceptors (Lipinski definition) is 6. The number of carbonyl (C=O) groups excluding carboxylic acids is 1. The summed E-state index contributed by atoms with van der Waals surface area (Å²) >= 11 is 1.53. The van der Waals surface area contributed by atoms with Gasteiger partial charge in [0.2, 0.25) is 12.7 Å². The van der Waals surface area contributed by atoms with Gasteiger partial charge in [0.05, 0.1) is 10.2 Å². The first-order valence-electron chi connectivity index (χ1n) is 9.79. The fourth-order valence-corrected chi connectivity index (χ4v) is 4.34. The zero-order chi connectivity index (χ0) is 20.2. The minimum Gasteiger partial charge on any atom is -0.454 e. The fraction of sp³-hybridized carbons (Fsp3) is 0.364. The number of hydrogen-bond donors (Lipinski definition) is 0. The molecule has 0 radical (unpaired) electrons. The number of benzene rings is 2. The molecule has 0 spiro atoms. The van der Waals surface area contributed by atoms with Gasteiger partial charge in [-0.1, -0.05) is 41.7 Å². The van der Waals surface area contributed by atoms with Crippen LogP contribution in [0.1, 0.15) is 18.4 Å². The van der Waals surface area contributed by atoms with Gasteiger partial charge in [-0.3, -0.25) is 9.69 Å². The van der Waals surface area contributed by atoms with Gasteiger partial charge in [-0.25, -0.2) is 4.98 Å². The van der Waals surface area contributed by atoms with Crippen molar-refractivity contribution in [3.8, 4) is 11.5 Å². The molecule has 3 aromatic rings. The van der Waals surface area contributed by atoms with Crippen LogP contribution < -0.4 is 14.4 Å². The van der Waals surface area contributed by atoms with Gasteiger partial charge in [0, 0.05) is 25.1 Å². The minimum absolute atomic E-state index is 0.103. The van der Waals surface area contributed by atoms with Crippen LogP contribution in [0.25, 0.3) is 10.2 Å². The van der Waals surface area contributed by atoms with Gasteiger partial charge in [-0.15, -0.1) is 0 Å². The predicted molar refractivity (Wildman–Crippen MR) is 116 cm³/mol. The van der Waals surface area contributed by atoms with Gasteiger partial charge in [0.1, 0.15) is 0 Å². The van der Waals surface area contributed by atoms with E-state index in [0.29, 0.717) is 18.7 Å². The van der Waals surface area contributed by atoms with Gasteiger partial charge in [-0.05, 0) is 39.0 Å². The molecular formula is C22H25N3O3S. The van der Waals surface area contributed by atoms with E-state index in [1.807, 2.05) is 49.3 Å². The third-order valence-corrected chi connectivity index (χ3v) is 5.90. The summed E-state index contributed by atoms with van der Waals surface area (Å²) in [6, 6.07) is 14.0. The highest BCUT2D eigenvalue weighted by Crippen LogP contribution is 2.39. The van der Waals surface area contributed by atoms with E-state index in [0.717, 1.165) is 40.5 Å². The van der Waals surface area contributed by atoms with Crippen molar-refractivity contribution in [2.24, 2.45) is 0 Å². The van der Waals surface area contributed by atoms with Gasteiger partial charge in [0.15, 0.2) is 16.6 Å². The third-order valence-electron chi connectivity index (χ3n) is 4.86. The Balaban J connectivity index is 1.54. The smallest absolute Gasteiger partial charge is 0.231 e. The molecule has 152 valence electrons. The summed E-state index contributed by atoms with van der Waals surface area (Å²) in [5.74, 6) is 1.55. The van der Waals surface area contributed by atoms with Crippen molar-refractivity contribution in [3.63, 3.8) is 0 Å². The Hall–Kier alpha value is -2.64. The lowest BCUT2D eigenvalue weighted by Gasteiger charge is -2.21. The van der Waals surface area contributed by atoms with Crippen molar-refractivity contribution in [2.45, 2.75) is 19.3 Å². The molecule has 1 aliphatic rings. The Morgan fingerprint density at radius 1 is 1.10 bits per heavy atom. The van der Waals surface area contributed by atoms with Crippen LogP contribution in [0, 0.1) is 0 Å². The second-order valence-corrected chi connectivity index (χ2v) is 8.37. The SMILES string of the molecule is CN(C)CCCN(C(=O)CCc1ccccc1)c1nc2cc3c(cc2s1)OCO3. The maximum atomic E-state index is 13.1. The number of rotatable bonds is 8. The van der Waals surface area contributed by atoms with Crippen molar-refractivity contribution in [2.75, 3.05) is 38.9 Å². The number of nitrogens with zero attached hydrogens (tertiary/aromatic N) is 3. The number of ether oxygens (including phenoxy) is 2. The van der Waals surface area contributed by atoms with E-state index in [2.05, 4.69) is 17.0 Å². The van der Waals surface area contributed by atoms with Crippen LogP contribution in [-0.2, 0) is 11.2 Å². The van der Waals surface area contributed by atoms with E-state index in [1.54, 1.807) is 0 Å². The standard InChI is InChI=1S/C22H25N3O3S/c1-24(2)11-6-12-25(21(26)10-9-16-7-4-3-5-8-16)22-23-17-13-18-19(28-15-27-18)14-20(17)29-22/h3-5,7-8,13-14H,6,9-12,15H2,1-2H3. The number of fused-ring (bicyclic) bond motifs is 2. The van der Waals surface area contributed by atoms with Crippen LogP contribution in [0.15, 0.2) is 42.5 Å². The Kier molecular flexibility index (Phi) is 5.97. The first kappa shape index (κ1) is 19.7. The Bertz CT molecular complexity index is 947. The highest BCUT2D eigenvalue weighted by molar-refractivity contribution is 7.22. The van der Waals surface area contributed by atoms with Crippen molar-refractivity contribution in [1.82, 2.24) is 9.88 Å². The molecule has 0 N–H and O–H groups in total. The van der Waals surface area contributed by atoms with E-state index in [4.69, 9.17) is 14.5 Å². The number of anilines is 1. The Labute approximate surface area is 174 Å². The average molecular weight is 412 g/mol. The molecule has 0 fully saturated rings. The van der Waals surface area contributed by atoms with E-state index in [-0.39, 0.29) is 12.7 Å². The van der Waals surface area contributed by atoms with E-state index < -0.39 is 0 Å². The van der Waals surface area contributed by atoms with Crippen LogP contribution in [-0.4, -0.2) is 49.8 Å². The molecule has 1 aromatic heterocycles. The van der Waals surface area contributed by atoms with Crippen LogP contribution in [0.2, 0.25) is 0 Å². The van der Waals surface area contributed by atoms with Crippen LogP contribution in [0.4, 0.5) is 5.13 Å². The van der Waals surface area contributed by atoms with Crippen LogP contribution >= 0.6 is 11.3 Å². The predicted octanol–water partition coefficient (Wildman–Crippen LogP) is 3.94. The molecule has 2 aromatic carbocycles. The maximum absolute atomic E-state index is 13.1. The van der Waals surface area contributed by atoms with Gasteiger partial charge in [0.25, 0.3) is 0 Å². The van der Waals surface area contributed by atoms with Gasteiger partial charge >= 0.3 is 0 Å². The summed E-state index contributed by atoms with van der Waals surface area (Å²) in [7, 11) is 4.08.